The quantitative estimate of drug-likeness (QED) is 0.806. The lowest BCUT2D eigenvalue weighted by Gasteiger charge is -2.14. The summed E-state index contributed by atoms with van der Waals surface area (Å²) in [5.41, 5.74) is 2.59. The average Bonchev–Trinajstić information content (AvgIpc) is 2.61. The van der Waals surface area contributed by atoms with Crippen LogP contribution in [0.25, 0.3) is 0 Å². The number of halogens is 3. The van der Waals surface area contributed by atoms with Crippen molar-refractivity contribution >= 4 is 17.5 Å². The van der Waals surface area contributed by atoms with Gasteiger partial charge in [-0.2, -0.15) is 13.2 Å². The third-order valence-corrected chi connectivity index (χ3v) is 3.90. The SMILES string of the molecule is Cc1cccc(OCC(=O)Nc2ccccc2CNC(=O)C(F)(F)F)c1C. The predicted octanol–water partition coefficient (Wildman–Crippen LogP) is 3.50. The molecule has 2 aromatic rings. The van der Waals surface area contributed by atoms with Crippen molar-refractivity contribution in [3.05, 3.63) is 59.2 Å². The van der Waals surface area contributed by atoms with E-state index in [0.717, 1.165) is 11.1 Å². The molecule has 0 unspecified atom stereocenters. The molecular formula is C19H19F3N2O3. The zero-order chi connectivity index (χ0) is 20.0. The smallest absolute Gasteiger partial charge is 0.471 e. The monoisotopic (exact) mass is 380 g/mol. The first kappa shape index (κ1) is 20.3. The Morgan fingerprint density at radius 1 is 1.04 bits per heavy atom. The van der Waals surface area contributed by atoms with Crippen LogP contribution in [0.2, 0.25) is 0 Å². The van der Waals surface area contributed by atoms with Gasteiger partial charge in [-0.05, 0) is 42.7 Å². The first-order valence-corrected chi connectivity index (χ1v) is 8.10. The predicted molar refractivity (Wildman–Crippen MR) is 94.4 cm³/mol. The van der Waals surface area contributed by atoms with E-state index in [-0.39, 0.29) is 13.2 Å². The Labute approximate surface area is 154 Å². The van der Waals surface area contributed by atoms with E-state index in [9.17, 15) is 22.8 Å². The molecule has 8 heteroatoms. The lowest BCUT2D eigenvalue weighted by molar-refractivity contribution is -0.173. The van der Waals surface area contributed by atoms with Gasteiger partial charge in [-0.1, -0.05) is 30.3 Å². The van der Waals surface area contributed by atoms with Crippen LogP contribution in [0.4, 0.5) is 18.9 Å². The Morgan fingerprint density at radius 2 is 1.74 bits per heavy atom. The number of carbonyl (C=O) groups excluding carboxylic acids is 2. The molecule has 2 N–H and O–H groups in total. The minimum Gasteiger partial charge on any atom is -0.483 e. The zero-order valence-electron chi connectivity index (χ0n) is 14.8. The molecule has 2 amide bonds. The zero-order valence-corrected chi connectivity index (χ0v) is 14.8. The number of para-hydroxylation sites is 1. The highest BCUT2D eigenvalue weighted by molar-refractivity contribution is 5.92. The number of aryl methyl sites for hydroxylation is 1. The highest BCUT2D eigenvalue weighted by Gasteiger charge is 2.38. The van der Waals surface area contributed by atoms with Crippen LogP contribution in [0.3, 0.4) is 0 Å². The molecular weight excluding hydrogens is 361 g/mol. The Bertz CT molecular complexity index is 835. The molecule has 27 heavy (non-hydrogen) atoms. The van der Waals surface area contributed by atoms with Crippen molar-refractivity contribution in [2.75, 3.05) is 11.9 Å². The summed E-state index contributed by atoms with van der Waals surface area (Å²) in [5, 5.41) is 4.36. The van der Waals surface area contributed by atoms with Gasteiger partial charge >= 0.3 is 12.1 Å². The van der Waals surface area contributed by atoms with Crippen molar-refractivity contribution in [1.82, 2.24) is 5.32 Å². The minimum atomic E-state index is -4.96. The summed E-state index contributed by atoms with van der Waals surface area (Å²) in [6.45, 7) is 3.18. The van der Waals surface area contributed by atoms with E-state index in [0.29, 0.717) is 17.0 Å². The second kappa shape index (κ2) is 8.57. The van der Waals surface area contributed by atoms with Crippen LogP contribution in [-0.4, -0.2) is 24.6 Å². The molecule has 0 saturated heterocycles. The van der Waals surface area contributed by atoms with Crippen LogP contribution in [-0.2, 0) is 16.1 Å². The van der Waals surface area contributed by atoms with Crippen molar-refractivity contribution in [2.24, 2.45) is 0 Å². The third kappa shape index (κ3) is 5.73. The van der Waals surface area contributed by atoms with Gasteiger partial charge in [-0.15, -0.1) is 0 Å². The molecule has 0 aliphatic rings. The first-order chi connectivity index (χ1) is 12.7. The molecule has 0 saturated carbocycles. The van der Waals surface area contributed by atoms with Crippen LogP contribution in [0.1, 0.15) is 16.7 Å². The van der Waals surface area contributed by atoms with Crippen molar-refractivity contribution in [1.29, 1.82) is 0 Å². The maximum absolute atomic E-state index is 12.3. The van der Waals surface area contributed by atoms with Crippen molar-refractivity contribution < 1.29 is 27.5 Å². The van der Waals surface area contributed by atoms with E-state index >= 15 is 0 Å². The number of ether oxygens (including phenoxy) is 1. The van der Waals surface area contributed by atoms with Gasteiger partial charge in [0, 0.05) is 12.2 Å². The number of alkyl halides is 3. The number of hydrogen-bond acceptors (Lipinski definition) is 3. The third-order valence-electron chi connectivity index (χ3n) is 3.90. The van der Waals surface area contributed by atoms with E-state index in [2.05, 4.69) is 5.32 Å². The molecule has 0 heterocycles. The summed E-state index contributed by atoms with van der Waals surface area (Å²) < 4.78 is 42.4. The lowest BCUT2D eigenvalue weighted by atomic mass is 10.1. The maximum atomic E-state index is 12.3. The summed E-state index contributed by atoms with van der Waals surface area (Å²) in [4.78, 5) is 23.1. The van der Waals surface area contributed by atoms with Gasteiger partial charge in [0.1, 0.15) is 5.75 Å². The fraction of sp³-hybridized carbons (Fsp3) is 0.263. The molecule has 2 aromatic carbocycles. The Hall–Kier alpha value is -3.03. The number of carbonyl (C=O) groups is 2. The van der Waals surface area contributed by atoms with E-state index in [1.807, 2.05) is 26.0 Å². The topological polar surface area (TPSA) is 67.4 Å². The van der Waals surface area contributed by atoms with Crippen LogP contribution in [0, 0.1) is 13.8 Å². The number of hydrogen-bond donors (Lipinski definition) is 2. The molecule has 5 nitrogen and oxygen atoms in total. The maximum Gasteiger partial charge on any atom is 0.471 e. The number of rotatable bonds is 6. The molecule has 0 atom stereocenters. The van der Waals surface area contributed by atoms with Crippen LogP contribution in [0.5, 0.6) is 5.75 Å². The normalized spacial score (nSPS) is 11.0. The van der Waals surface area contributed by atoms with E-state index in [4.69, 9.17) is 4.74 Å². The summed E-state index contributed by atoms with van der Waals surface area (Å²) in [6.07, 6.45) is -4.96. The molecule has 0 aliphatic carbocycles. The molecule has 2 rings (SSSR count). The fourth-order valence-corrected chi connectivity index (χ4v) is 2.28. The number of anilines is 1. The fourth-order valence-electron chi connectivity index (χ4n) is 2.28. The number of amides is 2. The number of nitrogens with one attached hydrogen (secondary N) is 2. The van der Waals surface area contributed by atoms with Gasteiger partial charge in [0.15, 0.2) is 6.61 Å². The van der Waals surface area contributed by atoms with E-state index in [1.54, 1.807) is 23.5 Å². The van der Waals surface area contributed by atoms with Gasteiger partial charge in [-0.25, -0.2) is 0 Å². The van der Waals surface area contributed by atoms with E-state index < -0.39 is 18.0 Å². The molecule has 0 spiro atoms. The first-order valence-electron chi connectivity index (χ1n) is 8.10. The molecule has 0 aliphatic heterocycles. The Balaban J connectivity index is 1.97. The molecule has 0 fully saturated rings. The summed E-state index contributed by atoms with van der Waals surface area (Å²) in [6, 6.07) is 11.7. The van der Waals surface area contributed by atoms with Crippen LogP contribution in [0.15, 0.2) is 42.5 Å². The average molecular weight is 380 g/mol. The molecule has 0 radical (unpaired) electrons. The highest BCUT2D eigenvalue weighted by Crippen LogP contribution is 2.21. The van der Waals surface area contributed by atoms with E-state index in [1.165, 1.54) is 12.1 Å². The molecule has 0 aromatic heterocycles. The molecule has 0 bridgehead atoms. The van der Waals surface area contributed by atoms with Crippen LogP contribution < -0.4 is 15.4 Å². The minimum absolute atomic E-state index is 0.256. The second-order valence-corrected chi connectivity index (χ2v) is 5.87. The van der Waals surface area contributed by atoms with Crippen molar-refractivity contribution in [2.45, 2.75) is 26.6 Å². The number of benzene rings is 2. The van der Waals surface area contributed by atoms with Gasteiger partial charge in [0.2, 0.25) is 0 Å². The highest BCUT2D eigenvalue weighted by atomic mass is 19.4. The van der Waals surface area contributed by atoms with Crippen molar-refractivity contribution in [3.63, 3.8) is 0 Å². The van der Waals surface area contributed by atoms with Gasteiger partial charge in [0.05, 0.1) is 0 Å². The van der Waals surface area contributed by atoms with Gasteiger partial charge in [-0.3, -0.25) is 9.59 Å². The summed E-state index contributed by atoms with van der Waals surface area (Å²) in [7, 11) is 0. The molecule has 144 valence electrons. The summed E-state index contributed by atoms with van der Waals surface area (Å²) >= 11 is 0. The Kier molecular flexibility index (Phi) is 6.44. The largest absolute Gasteiger partial charge is 0.483 e. The standard InChI is InChI=1S/C19H19F3N2O3/c1-12-6-5-9-16(13(12)2)27-11-17(25)24-15-8-4-3-7-14(15)10-23-18(26)19(20,21)22/h3-9H,10-11H2,1-2H3,(H,23,26)(H,24,25). The van der Waals surface area contributed by atoms with Crippen LogP contribution >= 0.6 is 0 Å². The van der Waals surface area contributed by atoms with Crippen molar-refractivity contribution in [3.8, 4) is 5.75 Å². The lowest BCUT2D eigenvalue weighted by Crippen LogP contribution is -2.36. The van der Waals surface area contributed by atoms with Gasteiger partial charge in [0.25, 0.3) is 5.91 Å². The van der Waals surface area contributed by atoms with Gasteiger partial charge < -0.3 is 15.4 Å². The Morgan fingerprint density at radius 3 is 2.44 bits per heavy atom. The summed E-state index contributed by atoms with van der Waals surface area (Å²) in [5.74, 6) is -1.93. The second-order valence-electron chi connectivity index (χ2n) is 5.87.